The summed E-state index contributed by atoms with van der Waals surface area (Å²) in [5.74, 6) is 0.565. The summed E-state index contributed by atoms with van der Waals surface area (Å²) < 4.78 is 37.9. The number of carbonyl (C=O) groups is 1. The minimum Gasteiger partial charge on any atom is -0.343 e. The van der Waals surface area contributed by atoms with Crippen LogP contribution in [0, 0.1) is 0 Å². The van der Waals surface area contributed by atoms with Gasteiger partial charge in [-0.1, -0.05) is 12.1 Å². The largest absolute Gasteiger partial charge is 0.416 e. The molecule has 1 aromatic rings. The summed E-state index contributed by atoms with van der Waals surface area (Å²) >= 11 is 0. The Bertz CT molecular complexity index is 571. The molecule has 2 aliphatic rings. The van der Waals surface area contributed by atoms with Gasteiger partial charge in [0, 0.05) is 26.1 Å². The summed E-state index contributed by atoms with van der Waals surface area (Å²) in [6, 6.07) is 5.58. The first-order chi connectivity index (χ1) is 11.9. The molecule has 3 rings (SSSR count). The minimum atomic E-state index is -4.27. The van der Waals surface area contributed by atoms with Gasteiger partial charge >= 0.3 is 6.18 Å². The van der Waals surface area contributed by atoms with Gasteiger partial charge in [-0.2, -0.15) is 13.2 Å². The zero-order valence-electron chi connectivity index (χ0n) is 14.4. The van der Waals surface area contributed by atoms with Gasteiger partial charge in [-0.15, -0.1) is 0 Å². The van der Waals surface area contributed by atoms with Crippen LogP contribution >= 0.6 is 0 Å². The molecule has 0 bridgehead atoms. The fourth-order valence-electron chi connectivity index (χ4n) is 3.81. The van der Waals surface area contributed by atoms with Crippen molar-refractivity contribution in [3.8, 4) is 0 Å². The number of carbonyl (C=O) groups excluding carboxylic acids is 1. The first-order valence-electron chi connectivity index (χ1n) is 9.11. The molecule has 2 heterocycles. The van der Waals surface area contributed by atoms with E-state index >= 15 is 0 Å². The lowest BCUT2D eigenvalue weighted by atomic mass is 9.89. The van der Waals surface area contributed by atoms with Crippen molar-refractivity contribution in [1.82, 2.24) is 9.80 Å². The van der Waals surface area contributed by atoms with Crippen molar-refractivity contribution in [2.45, 2.75) is 44.2 Å². The van der Waals surface area contributed by atoms with Gasteiger partial charge < -0.3 is 9.80 Å². The molecule has 1 aromatic carbocycles. The zero-order chi connectivity index (χ0) is 17.9. The molecule has 3 nitrogen and oxygen atoms in total. The molecule has 2 aliphatic heterocycles. The molecule has 0 saturated carbocycles. The Kier molecular flexibility index (Phi) is 5.67. The predicted octanol–water partition coefficient (Wildman–Crippen LogP) is 3.90. The van der Waals surface area contributed by atoms with Crippen LogP contribution in [0.3, 0.4) is 0 Å². The van der Waals surface area contributed by atoms with Gasteiger partial charge in [-0.25, -0.2) is 0 Å². The maximum atomic E-state index is 12.6. The molecule has 1 amide bonds. The number of hydrogen-bond donors (Lipinski definition) is 0. The SMILES string of the molecule is O=C(CCN1CCC(c2ccc(C(F)(F)F)cc2)CC1)N1CCCC1. The van der Waals surface area contributed by atoms with Gasteiger partial charge in [0.2, 0.25) is 5.91 Å². The second-order valence-electron chi connectivity index (χ2n) is 7.07. The molecule has 2 fully saturated rings. The van der Waals surface area contributed by atoms with Gasteiger partial charge in [0.25, 0.3) is 0 Å². The van der Waals surface area contributed by atoms with Crippen LogP contribution in [-0.2, 0) is 11.0 Å². The van der Waals surface area contributed by atoms with Crippen molar-refractivity contribution < 1.29 is 18.0 Å². The van der Waals surface area contributed by atoms with Crippen LogP contribution in [-0.4, -0.2) is 48.4 Å². The normalized spacial score (nSPS) is 20.2. The second kappa shape index (κ2) is 7.77. The highest BCUT2D eigenvalue weighted by Crippen LogP contribution is 2.32. The number of benzene rings is 1. The van der Waals surface area contributed by atoms with Gasteiger partial charge in [-0.3, -0.25) is 4.79 Å². The topological polar surface area (TPSA) is 23.6 Å². The molecule has 0 aromatic heterocycles. The lowest BCUT2D eigenvalue weighted by Crippen LogP contribution is -2.37. The van der Waals surface area contributed by atoms with Gasteiger partial charge in [0.1, 0.15) is 0 Å². The van der Waals surface area contributed by atoms with Crippen LogP contribution < -0.4 is 0 Å². The van der Waals surface area contributed by atoms with Crippen LogP contribution in [0.2, 0.25) is 0 Å². The third-order valence-electron chi connectivity index (χ3n) is 5.40. The molecule has 0 N–H and O–H groups in total. The first-order valence-corrected chi connectivity index (χ1v) is 9.11. The summed E-state index contributed by atoms with van der Waals surface area (Å²) in [6.07, 6.45) is 0.399. The Morgan fingerprint density at radius 2 is 1.60 bits per heavy atom. The van der Waals surface area contributed by atoms with E-state index in [1.54, 1.807) is 12.1 Å². The van der Waals surface area contributed by atoms with Crippen molar-refractivity contribution in [2.75, 3.05) is 32.7 Å². The Hall–Kier alpha value is -1.56. The molecule has 0 aliphatic carbocycles. The maximum Gasteiger partial charge on any atom is 0.416 e. The number of nitrogens with zero attached hydrogens (tertiary/aromatic N) is 2. The fourth-order valence-corrected chi connectivity index (χ4v) is 3.81. The molecule has 0 radical (unpaired) electrons. The summed E-state index contributed by atoms with van der Waals surface area (Å²) in [5.41, 5.74) is 0.398. The predicted molar refractivity (Wildman–Crippen MR) is 90.3 cm³/mol. The number of likely N-dealkylation sites (tertiary alicyclic amines) is 2. The first kappa shape index (κ1) is 18.2. The summed E-state index contributed by atoms with van der Waals surface area (Å²) in [7, 11) is 0. The highest BCUT2D eigenvalue weighted by molar-refractivity contribution is 5.76. The maximum absolute atomic E-state index is 12.6. The van der Waals surface area contributed by atoms with Gasteiger partial charge in [-0.05, 0) is 62.4 Å². The van der Waals surface area contributed by atoms with E-state index in [-0.39, 0.29) is 5.91 Å². The average molecular weight is 354 g/mol. The highest BCUT2D eigenvalue weighted by Gasteiger charge is 2.30. The van der Waals surface area contributed by atoms with E-state index in [4.69, 9.17) is 0 Å². The molecule has 6 heteroatoms. The van der Waals surface area contributed by atoms with Crippen LogP contribution in [0.25, 0.3) is 0 Å². The summed E-state index contributed by atoms with van der Waals surface area (Å²) in [4.78, 5) is 16.3. The Morgan fingerprint density at radius 3 is 2.16 bits per heavy atom. The molecule has 2 saturated heterocycles. The van der Waals surface area contributed by atoms with E-state index in [9.17, 15) is 18.0 Å². The third kappa shape index (κ3) is 4.75. The number of rotatable bonds is 4. The monoisotopic (exact) mass is 354 g/mol. The summed E-state index contributed by atoms with van der Waals surface area (Å²) in [5, 5.41) is 0. The number of hydrogen-bond acceptors (Lipinski definition) is 2. The van der Waals surface area contributed by atoms with Crippen LogP contribution in [0.1, 0.15) is 49.1 Å². The van der Waals surface area contributed by atoms with E-state index in [1.165, 1.54) is 12.1 Å². The van der Waals surface area contributed by atoms with E-state index in [1.807, 2.05) is 4.90 Å². The Labute approximate surface area is 146 Å². The highest BCUT2D eigenvalue weighted by atomic mass is 19.4. The number of amides is 1. The second-order valence-corrected chi connectivity index (χ2v) is 7.07. The average Bonchev–Trinajstić information content (AvgIpc) is 3.14. The Morgan fingerprint density at radius 1 is 1.00 bits per heavy atom. The van der Waals surface area contributed by atoms with Crippen LogP contribution in [0.15, 0.2) is 24.3 Å². The summed E-state index contributed by atoms with van der Waals surface area (Å²) in [6.45, 7) is 4.39. The molecular formula is C19H25F3N2O. The van der Waals surface area contributed by atoms with E-state index in [0.717, 1.165) is 64.0 Å². The van der Waals surface area contributed by atoms with Crippen molar-refractivity contribution in [1.29, 1.82) is 0 Å². The van der Waals surface area contributed by atoms with E-state index in [2.05, 4.69) is 4.90 Å². The van der Waals surface area contributed by atoms with E-state index in [0.29, 0.717) is 12.3 Å². The molecule has 0 spiro atoms. The van der Waals surface area contributed by atoms with Gasteiger partial charge in [0.05, 0.1) is 5.56 Å². The van der Waals surface area contributed by atoms with Gasteiger partial charge in [0.15, 0.2) is 0 Å². The standard InChI is InChI=1S/C19H25F3N2O/c20-19(21,22)17-5-3-15(4-6-17)16-7-12-23(13-8-16)14-9-18(25)24-10-1-2-11-24/h3-6,16H,1-2,7-14H2. The van der Waals surface area contributed by atoms with Crippen molar-refractivity contribution in [3.63, 3.8) is 0 Å². The Balaban J connectivity index is 1.44. The van der Waals surface area contributed by atoms with Crippen molar-refractivity contribution in [2.24, 2.45) is 0 Å². The quantitative estimate of drug-likeness (QED) is 0.819. The molecular weight excluding hydrogens is 329 g/mol. The zero-order valence-corrected chi connectivity index (χ0v) is 14.4. The van der Waals surface area contributed by atoms with Crippen LogP contribution in [0.4, 0.5) is 13.2 Å². The van der Waals surface area contributed by atoms with E-state index < -0.39 is 11.7 Å². The number of alkyl halides is 3. The number of halogens is 3. The van der Waals surface area contributed by atoms with Crippen LogP contribution in [0.5, 0.6) is 0 Å². The minimum absolute atomic E-state index is 0.252. The van der Waals surface area contributed by atoms with Crippen molar-refractivity contribution in [3.05, 3.63) is 35.4 Å². The molecule has 25 heavy (non-hydrogen) atoms. The smallest absolute Gasteiger partial charge is 0.343 e. The molecule has 138 valence electrons. The third-order valence-corrected chi connectivity index (χ3v) is 5.40. The molecule has 0 unspecified atom stereocenters. The van der Waals surface area contributed by atoms with Crippen molar-refractivity contribution >= 4 is 5.91 Å². The lowest BCUT2D eigenvalue weighted by molar-refractivity contribution is -0.137. The number of piperidine rings is 1. The fraction of sp³-hybridized carbons (Fsp3) is 0.632. The molecule has 0 atom stereocenters. The lowest BCUT2D eigenvalue weighted by Gasteiger charge is -2.32.